The van der Waals surface area contributed by atoms with Gasteiger partial charge in [0.25, 0.3) is 11.9 Å². The maximum absolute atomic E-state index is 13.4. The van der Waals surface area contributed by atoms with Gasteiger partial charge < -0.3 is 5.32 Å². The number of halogens is 7. The molecule has 0 amide bonds. The Morgan fingerprint density at radius 1 is 0.850 bits per heavy atom. The molecule has 2 nitrogen and oxygen atoms in total. The van der Waals surface area contributed by atoms with E-state index in [1.54, 1.807) is 0 Å². The molecule has 1 heterocycles. The number of nitrogens with one attached hydrogen (secondary N) is 1. The van der Waals surface area contributed by atoms with Gasteiger partial charge in [-0.1, -0.05) is 0 Å². The third-order valence-corrected chi connectivity index (χ3v) is 2.87. The molecule has 0 aliphatic rings. The Balaban J connectivity index is 2.53. The van der Waals surface area contributed by atoms with Crippen LogP contribution in [-0.2, 0) is 0 Å². The molecule has 9 heteroatoms. The number of nitrogens with zero attached hydrogens (tertiary/aromatic N) is 1. The summed E-state index contributed by atoms with van der Waals surface area (Å²) in [6, 6.07) is 1.25. The highest BCUT2D eigenvalue weighted by Gasteiger charge is 2.22. The molecule has 0 bridgehead atoms. The highest BCUT2D eigenvalue weighted by molar-refractivity contribution is 9.10. The van der Waals surface area contributed by atoms with Gasteiger partial charge in [-0.2, -0.15) is 22.5 Å². The molecule has 2 aromatic rings. The van der Waals surface area contributed by atoms with Crippen LogP contribution in [0, 0.1) is 35.2 Å². The summed E-state index contributed by atoms with van der Waals surface area (Å²) in [4.78, 5) is 2.34. The van der Waals surface area contributed by atoms with Crippen molar-refractivity contribution in [2.75, 3.05) is 5.32 Å². The molecule has 1 aromatic heterocycles. The Hall–Kier alpha value is -1.77. The molecule has 106 valence electrons. The molecule has 2 rings (SSSR count). The number of rotatable bonds is 2. The third kappa shape index (κ3) is 2.58. The quantitative estimate of drug-likeness (QED) is 0.489. The number of anilines is 2. The first kappa shape index (κ1) is 14.6. The molecule has 1 aromatic carbocycles. The Morgan fingerprint density at radius 2 is 1.40 bits per heavy atom. The molecule has 0 radical (unpaired) electrons. The van der Waals surface area contributed by atoms with Crippen molar-refractivity contribution in [2.24, 2.45) is 0 Å². The lowest BCUT2D eigenvalue weighted by atomic mass is 10.2. The summed E-state index contributed by atoms with van der Waals surface area (Å²) in [6.45, 7) is 0. The van der Waals surface area contributed by atoms with Gasteiger partial charge in [-0.05, 0) is 22.0 Å². The van der Waals surface area contributed by atoms with Crippen molar-refractivity contribution in [3.8, 4) is 0 Å². The van der Waals surface area contributed by atoms with E-state index in [4.69, 9.17) is 0 Å². The summed E-state index contributed by atoms with van der Waals surface area (Å²) in [5, 5.41) is 1.82. The van der Waals surface area contributed by atoms with E-state index in [0.29, 0.717) is 6.07 Å². The van der Waals surface area contributed by atoms with E-state index < -0.39 is 46.5 Å². The summed E-state index contributed by atoms with van der Waals surface area (Å²) in [5.74, 6) is -9.61. The van der Waals surface area contributed by atoms with Gasteiger partial charge in [-0.25, -0.2) is 8.78 Å². The summed E-state index contributed by atoms with van der Waals surface area (Å²) in [6.07, 6.45) is 0. The minimum Gasteiger partial charge on any atom is -0.348 e. The predicted molar refractivity (Wildman–Crippen MR) is 61.4 cm³/mol. The monoisotopic (exact) mass is 356 g/mol. The van der Waals surface area contributed by atoms with Crippen LogP contribution in [-0.4, -0.2) is 4.98 Å². The van der Waals surface area contributed by atoms with Crippen LogP contribution in [0.3, 0.4) is 0 Å². The molecule has 0 saturated heterocycles. The second kappa shape index (κ2) is 5.31. The first-order chi connectivity index (χ1) is 9.31. The molecule has 20 heavy (non-hydrogen) atoms. The van der Waals surface area contributed by atoms with Crippen LogP contribution >= 0.6 is 15.9 Å². The minimum absolute atomic E-state index is 0.211. The molecule has 0 spiro atoms. The van der Waals surface area contributed by atoms with Crippen LogP contribution < -0.4 is 5.32 Å². The predicted octanol–water partition coefficient (Wildman–Crippen LogP) is 4.42. The van der Waals surface area contributed by atoms with Crippen molar-refractivity contribution in [1.82, 2.24) is 4.98 Å². The summed E-state index contributed by atoms with van der Waals surface area (Å²) in [5.41, 5.74) is -1.85. The maximum atomic E-state index is 13.4. The normalized spacial score (nSPS) is 10.8. The fraction of sp³-hybridized carbons (Fsp3) is 0. The number of benzene rings is 1. The molecule has 1 N–H and O–H groups in total. The second-order valence-corrected chi connectivity index (χ2v) is 4.42. The number of hydrogen-bond donors (Lipinski definition) is 1. The van der Waals surface area contributed by atoms with Gasteiger partial charge in [0.1, 0.15) is 17.3 Å². The number of aromatic nitrogens is 1. The van der Waals surface area contributed by atoms with E-state index in [9.17, 15) is 26.3 Å². The zero-order valence-electron chi connectivity index (χ0n) is 9.25. The van der Waals surface area contributed by atoms with Gasteiger partial charge in [0, 0.05) is 6.07 Å². The molecule has 0 aliphatic heterocycles. The maximum Gasteiger partial charge on any atom is 0.253 e. The van der Waals surface area contributed by atoms with Gasteiger partial charge in [-0.15, -0.1) is 0 Å². The lowest BCUT2D eigenvalue weighted by Gasteiger charge is -2.11. The Kier molecular flexibility index (Phi) is 3.89. The largest absolute Gasteiger partial charge is 0.348 e. The molecule has 0 fully saturated rings. The Bertz CT molecular complexity index is 665. The summed E-state index contributed by atoms with van der Waals surface area (Å²) >= 11 is 2.73. The summed E-state index contributed by atoms with van der Waals surface area (Å²) in [7, 11) is 0. The van der Waals surface area contributed by atoms with E-state index >= 15 is 0 Å². The van der Waals surface area contributed by atoms with Crippen LogP contribution in [0.1, 0.15) is 0 Å². The van der Waals surface area contributed by atoms with Gasteiger partial charge in [0.2, 0.25) is 11.6 Å². The first-order valence-corrected chi connectivity index (χ1v) is 5.72. The second-order valence-electron chi connectivity index (χ2n) is 3.57. The van der Waals surface area contributed by atoms with Crippen molar-refractivity contribution < 1.29 is 26.3 Å². The molecule has 0 aliphatic carbocycles. The number of hydrogen-bond acceptors (Lipinski definition) is 2. The van der Waals surface area contributed by atoms with Crippen LogP contribution in [0.25, 0.3) is 0 Å². The highest BCUT2D eigenvalue weighted by atomic mass is 79.9. The fourth-order valence-corrected chi connectivity index (χ4v) is 1.69. The van der Waals surface area contributed by atoms with Crippen molar-refractivity contribution in [1.29, 1.82) is 0 Å². The van der Waals surface area contributed by atoms with Gasteiger partial charge in [0.05, 0.1) is 10.2 Å². The molecule has 0 saturated carbocycles. The van der Waals surface area contributed by atoms with Crippen molar-refractivity contribution in [3.63, 3.8) is 0 Å². The van der Waals surface area contributed by atoms with Gasteiger partial charge in [-0.3, -0.25) is 0 Å². The van der Waals surface area contributed by atoms with Crippen LogP contribution in [0.4, 0.5) is 37.7 Å². The smallest absolute Gasteiger partial charge is 0.253 e. The van der Waals surface area contributed by atoms with E-state index in [1.165, 1.54) is 0 Å². The Morgan fingerprint density at radius 3 is 1.95 bits per heavy atom. The topological polar surface area (TPSA) is 24.9 Å². The molecular weight excluding hydrogens is 354 g/mol. The lowest BCUT2D eigenvalue weighted by molar-refractivity contribution is 0.411. The van der Waals surface area contributed by atoms with Crippen LogP contribution in [0.5, 0.6) is 0 Å². The standard InChI is InChI=1S/C11H3BrF6N2/c12-3-1-6(5(14)2-4(3)13)19-9-7(15)10(17)20-11(18)8(9)16/h1-2H,(H,19,20). The number of pyridine rings is 1. The lowest BCUT2D eigenvalue weighted by Crippen LogP contribution is -2.07. The first-order valence-electron chi connectivity index (χ1n) is 4.92. The molecular formula is C11H3BrF6N2. The van der Waals surface area contributed by atoms with E-state index in [0.717, 1.165) is 6.07 Å². The van der Waals surface area contributed by atoms with Crippen LogP contribution in [0.15, 0.2) is 16.6 Å². The average molecular weight is 357 g/mol. The zero-order valence-corrected chi connectivity index (χ0v) is 10.8. The van der Waals surface area contributed by atoms with Gasteiger partial charge >= 0.3 is 0 Å². The van der Waals surface area contributed by atoms with Crippen molar-refractivity contribution in [3.05, 3.63) is 51.8 Å². The Labute approximate surface area is 116 Å². The molecule has 0 atom stereocenters. The molecule has 0 unspecified atom stereocenters. The van der Waals surface area contributed by atoms with Crippen molar-refractivity contribution in [2.45, 2.75) is 0 Å². The fourth-order valence-electron chi connectivity index (χ4n) is 1.35. The summed E-state index contributed by atoms with van der Waals surface area (Å²) < 4.78 is 78.6. The third-order valence-electron chi connectivity index (χ3n) is 2.27. The van der Waals surface area contributed by atoms with E-state index in [-0.39, 0.29) is 4.47 Å². The van der Waals surface area contributed by atoms with Gasteiger partial charge in [0.15, 0.2) is 0 Å². The average Bonchev–Trinajstić information content (AvgIpc) is 2.38. The minimum atomic E-state index is -1.90. The highest BCUT2D eigenvalue weighted by Crippen LogP contribution is 2.30. The van der Waals surface area contributed by atoms with E-state index in [1.807, 2.05) is 5.32 Å². The SMILES string of the molecule is Fc1cc(F)c(Nc2c(F)c(F)nc(F)c2F)cc1Br. The van der Waals surface area contributed by atoms with E-state index in [2.05, 4.69) is 20.9 Å². The van der Waals surface area contributed by atoms with Crippen LogP contribution in [0.2, 0.25) is 0 Å². The van der Waals surface area contributed by atoms with Crippen molar-refractivity contribution >= 4 is 27.3 Å². The zero-order chi connectivity index (χ0) is 15.0.